The van der Waals surface area contributed by atoms with Crippen LogP contribution in [0.5, 0.6) is 0 Å². The number of piperazine rings is 1. The van der Waals surface area contributed by atoms with Gasteiger partial charge in [0.1, 0.15) is 0 Å². The summed E-state index contributed by atoms with van der Waals surface area (Å²) in [4.78, 5) is 4.42. The lowest BCUT2D eigenvalue weighted by Gasteiger charge is -2.30. The van der Waals surface area contributed by atoms with Crippen LogP contribution < -0.4 is 10.3 Å². The molecule has 3 heterocycles. The Kier molecular flexibility index (Phi) is 2.07. The fourth-order valence-electron chi connectivity index (χ4n) is 2.05. The van der Waals surface area contributed by atoms with Crippen LogP contribution in [0.15, 0.2) is 30.6 Å². The van der Waals surface area contributed by atoms with Crippen LogP contribution in [0.4, 0.5) is 0 Å². The van der Waals surface area contributed by atoms with E-state index in [1.165, 1.54) is 5.39 Å². The first-order valence-electron chi connectivity index (χ1n) is 5.33. The lowest BCUT2D eigenvalue weighted by Crippen LogP contribution is -2.48. The molecule has 0 bridgehead atoms. The van der Waals surface area contributed by atoms with Gasteiger partial charge >= 0.3 is 0 Å². The minimum atomic E-state index is 1.04. The zero-order valence-corrected chi connectivity index (χ0v) is 8.56. The van der Waals surface area contributed by atoms with Crippen molar-refractivity contribution in [2.45, 2.75) is 0 Å². The van der Waals surface area contributed by atoms with Crippen molar-refractivity contribution in [3.8, 4) is 0 Å². The molecular formula is C11H14N4. The Morgan fingerprint density at radius 1 is 1.20 bits per heavy atom. The van der Waals surface area contributed by atoms with Crippen molar-refractivity contribution < 1.29 is 0 Å². The fourth-order valence-corrected chi connectivity index (χ4v) is 2.05. The molecule has 2 aromatic heterocycles. The lowest BCUT2D eigenvalue weighted by molar-refractivity contribution is 0.498. The number of fused-ring (bicyclic) bond motifs is 1. The standard InChI is InChI=1S/C11H14N4/c1-2-10-3-7-15(11(10)13-4-1)14-8-5-12-6-9-14/h1-4,7,12H,5-6,8-9H2. The molecule has 0 saturated carbocycles. The van der Waals surface area contributed by atoms with Crippen molar-refractivity contribution >= 4 is 11.0 Å². The van der Waals surface area contributed by atoms with Gasteiger partial charge < -0.3 is 10.3 Å². The van der Waals surface area contributed by atoms with Crippen LogP contribution in [-0.4, -0.2) is 35.8 Å². The number of aromatic nitrogens is 2. The molecule has 0 amide bonds. The number of rotatable bonds is 1. The van der Waals surface area contributed by atoms with Crippen LogP contribution in [0.25, 0.3) is 11.0 Å². The van der Waals surface area contributed by atoms with Crippen LogP contribution >= 0.6 is 0 Å². The molecule has 78 valence electrons. The van der Waals surface area contributed by atoms with Crippen LogP contribution in [0, 0.1) is 0 Å². The second kappa shape index (κ2) is 3.55. The van der Waals surface area contributed by atoms with Gasteiger partial charge in [-0.1, -0.05) is 0 Å². The Bertz CT molecular complexity index is 456. The highest BCUT2D eigenvalue weighted by Crippen LogP contribution is 2.12. The van der Waals surface area contributed by atoms with Crippen molar-refractivity contribution in [1.29, 1.82) is 0 Å². The van der Waals surface area contributed by atoms with Gasteiger partial charge in [-0.3, -0.25) is 0 Å². The maximum Gasteiger partial charge on any atom is 0.158 e. The number of hydrogen-bond acceptors (Lipinski definition) is 3. The smallest absolute Gasteiger partial charge is 0.158 e. The SMILES string of the molecule is c1cnc2c(c1)ccn2N1CCNCC1. The Morgan fingerprint density at radius 2 is 2.07 bits per heavy atom. The average Bonchev–Trinajstić information content (AvgIpc) is 2.74. The molecule has 3 rings (SSSR count). The lowest BCUT2D eigenvalue weighted by atomic mass is 10.3. The van der Waals surface area contributed by atoms with Crippen LogP contribution in [0.2, 0.25) is 0 Å². The molecule has 1 saturated heterocycles. The van der Waals surface area contributed by atoms with Gasteiger partial charge in [-0.15, -0.1) is 0 Å². The van der Waals surface area contributed by atoms with Gasteiger partial charge in [0.15, 0.2) is 5.65 Å². The first-order chi connectivity index (χ1) is 7.45. The third kappa shape index (κ3) is 1.47. The average molecular weight is 202 g/mol. The summed E-state index contributed by atoms with van der Waals surface area (Å²) in [6, 6.07) is 6.19. The Labute approximate surface area is 88.5 Å². The Hall–Kier alpha value is -1.55. The number of pyridine rings is 1. The van der Waals surface area contributed by atoms with Crippen LogP contribution in [0.3, 0.4) is 0 Å². The summed E-state index contributed by atoms with van der Waals surface area (Å²) >= 11 is 0. The van der Waals surface area contributed by atoms with Gasteiger partial charge in [0.2, 0.25) is 0 Å². The monoisotopic (exact) mass is 202 g/mol. The van der Waals surface area contributed by atoms with E-state index in [0.717, 1.165) is 31.8 Å². The van der Waals surface area contributed by atoms with Crippen molar-refractivity contribution in [1.82, 2.24) is 15.0 Å². The minimum Gasteiger partial charge on any atom is -0.313 e. The molecule has 0 aromatic carbocycles. The quantitative estimate of drug-likeness (QED) is 0.734. The zero-order chi connectivity index (χ0) is 10.1. The van der Waals surface area contributed by atoms with Crippen molar-refractivity contribution in [2.24, 2.45) is 0 Å². The van der Waals surface area contributed by atoms with Crippen molar-refractivity contribution in [2.75, 3.05) is 31.2 Å². The van der Waals surface area contributed by atoms with E-state index in [9.17, 15) is 0 Å². The largest absolute Gasteiger partial charge is 0.313 e. The molecule has 4 nitrogen and oxygen atoms in total. The maximum absolute atomic E-state index is 4.42. The molecule has 1 aliphatic rings. The summed E-state index contributed by atoms with van der Waals surface area (Å²) in [6.45, 7) is 4.18. The van der Waals surface area contributed by atoms with E-state index in [-0.39, 0.29) is 0 Å². The zero-order valence-electron chi connectivity index (χ0n) is 8.56. The van der Waals surface area contributed by atoms with E-state index in [1.807, 2.05) is 12.3 Å². The van der Waals surface area contributed by atoms with Crippen LogP contribution in [-0.2, 0) is 0 Å². The van der Waals surface area contributed by atoms with E-state index in [1.54, 1.807) is 0 Å². The minimum absolute atomic E-state index is 1.04. The summed E-state index contributed by atoms with van der Waals surface area (Å²) in [5, 5.41) is 6.88. The Morgan fingerprint density at radius 3 is 2.93 bits per heavy atom. The Balaban J connectivity index is 2.02. The molecule has 0 aliphatic carbocycles. The molecule has 4 heteroatoms. The summed E-state index contributed by atoms with van der Waals surface area (Å²) in [5.41, 5.74) is 1.06. The molecule has 1 fully saturated rings. The number of hydrogen-bond donors (Lipinski definition) is 1. The van der Waals surface area contributed by atoms with Gasteiger partial charge in [-0.05, 0) is 18.2 Å². The van der Waals surface area contributed by atoms with Gasteiger partial charge in [0, 0.05) is 44.0 Å². The first kappa shape index (κ1) is 8.73. The highest BCUT2D eigenvalue weighted by molar-refractivity contribution is 5.76. The van der Waals surface area contributed by atoms with Crippen LogP contribution in [0.1, 0.15) is 0 Å². The molecule has 0 unspecified atom stereocenters. The summed E-state index contributed by atoms with van der Waals surface area (Å²) in [7, 11) is 0. The molecule has 1 aliphatic heterocycles. The molecule has 0 spiro atoms. The van der Waals surface area contributed by atoms with Crippen molar-refractivity contribution in [3.63, 3.8) is 0 Å². The predicted molar refractivity (Wildman–Crippen MR) is 60.6 cm³/mol. The summed E-state index contributed by atoms with van der Waals surface area (Å²) in [5.74, 6) is 0. The van der Waals surface area contributed by atoms with E-state index in [4.69, 9.17) is 0 Å². The van der Waals surface area contributed by atoms with Gasteiger partial charge in [0.05, 0.1) is 0 Å². The van der Waals surface area contributed by atoms with E-state index >= 15 is 0 Å². The highest BCUT2D eigenvalue weighted by atomic mass is 15.6. The second-order valence-corrected chi connectivity index (χ2v) is 3.78. The molecule has 0 radical (unpaired) electrons. The fraction of sp³-hybridized carbons (Fsp3) is 0.364. The summed E-state index contributed by atoms with van der Waals surface area (Å²) < 4.78 is 2.16. The molecule has 2 aromatic rings. The maximum atomic E-state index is 4.42. The first-order valence-corrected chi connectivity index (χ1v) is 5.33. The van der Waals surface area contributed by atoms with E-state index in [0.29, 0.717) is 0 Å². The second-order valence-electron chi connectivity index (χ2n) is 3.78. The molecule has 1 N–H and O–H groups in total. The normalized spacial score (nSPS) is 17.2. The molecular weight excluding hydrogens is 188 g/mol. The van der Waals surface area contributed by atoms with E-state index in [2.05, 4.69) is 38.3 Å². The van der Waals surface area contributed by atoms with E-state index < -0.39 is 0 Å². The highest BCUT2D eigenvalue weighted by Gasteiger charge is 2.11. The number of nitrogens with one attached hydrogen (secondary N) is 1. The van der Waals surface area contributed by atoms with Crippen molar-refractivity contribution in [3.05, 3.63) is 30.6 Å². The third-order valence-corrected chi connectivity index (χ3v) is 2.83. The van der Waals surface area contributed by atoms with Gasteiger partial charge in [0.25, 0.3) is 0 Å². The predicted octanol–water partition coefficient (Wildman–Crippen LogP) is 0.577. The third-order valence-electron chi connectivity index (χ3n) is 2.83. The number of nitrogens with zero attached hydrogens (tertiary/aromatic N) is 3. The molecule has 0 atom stereocenters. The summed E-state index contributed by atoms with van der Waals surface area (Å²) in [6.07, 6.45) is 3.95. The molecule has 15 heavy (non-hydrogen) atoms. The van der Waals surface area contributed by atoms with Gasteiger partial charge in [-0.2, -0.15) is 0 Å². The topological polar surface area (TPSA) is 33.1 Å². The van der Waals surface area contributed by atoms with Gasteiger partial charge in [-0.25, -0.2) is 9.66 Å².